The Hall–Kier alpha value is -0.840. The molecule has 1 aromatic rings. The summed E-state index contributed by atoms with van der Waals surface area (Å²) in [7, 11) is 1.59. The molecule has 15 heavy (non-hydrogen) atoms. The number of rotatable bonds is 5. The van der Waals surface area contributed by atoms with Crippen LogP contribution in [-0.2, 0) is 0 Å². The smallest absolute Gasteiger partial charge is 0.212 e. The molecule has 0 aromatic carbocycles. The summed E-state index contributed by atoms with van der Waals surface area (Å²) in [5, 5.41) is 0. The average Bonchev–Trinajstić information content (AvgIpc) is 2.26. The molecule has 1 rings (SSSR count). The monoisotopic (exact) mass is 231 g/mol. The Morgan fingerprint density at radius 3 is 2.67 bits per heavy atom. The first kappa shape index (κ1) is 14.2. The molecule has 86 valence electrons. The normalized spacial score (nSPS) is 11.7. The lowest BCUT2D eigenvalue weighted by Crippen LogP contribution is -2.12. The number of halogens is 1. The van der Waals surface area contributed by atoms with Crippen LogP contribution in [0.25, 0.3) is 0 Å². The van der Waals surface area contributed by atoms with Crippen LogP contribution in [0.4, 0.5) is 0 Å². The molecule has 5 heteroatoms. The summed E-state index contributed by atoms with van der Waals surface area (Å²) >= 11 is 0. The van der Waals surface area contributed by atoms with E-state index in [1.165, 1.54) is 0 Å². The third-order valence-electron chi connectivity index (χ3n) is 2.12. The van der Waals surface area contributed by atoms with Crippen LogP contribution >= 0.6 is 12.4 Å². The molecule has 0 saturated carbocycles. The van der Waals surface area contributed by atoms with Crippen LogP contribution < -0.4 is 16.2 Å². The molecule has 0 spiro atoms. The van der Waals surface area contributed by atoms with E-state index in [0.29, 0.717) is 12.4 Å². The molecule has 0 aliphatic carbocycles. The van der Waals surface area contributed by atoms with Crippen molar-refractivity contribution in [3.8, 4) is 5.88 Å². The average molecular weight is 232 g/mol. The molecular weight excluding hydrogens is 214 g/mol. The van der Waals surface area contributed by atoms with Gasteiger partial charge in [-0.15, -0.1) is 12.4 Å². The fourth-order valence-corrected chi connectivity index (χ4v) is 1.24. The largest absolute Gasteiger partial charge is 0.481 e. The Kier molecular flexibility index (Phi) is 7.03. The van der Waals surface area contributed by atoms with E-state index in [1.54, 1.807) is 13.3 Å². The lowest BCUT2D eigenvalue weighted by atomic mass is 10.1. The number of pyridine rings is 1. The quantitative estimate of drug-likeness (QED) is 0.800. The van der Waals surface area contributed by atoms with Gasteiger partial charge in [-0.2, -0.15) is 0 Å². The minimum atomic E-state index is 0. The number of nitrogens with two attached hydrogens (primary N) is 2. The molecule has 0 aliphatic rings. The van der Waals surface area contributed by atoms with Crippen LogP contribution in [0.5, 0.6) is 5.88 Å². The molecule has 4 N–H and O–H groups in total. The molecule has 0 saturated heterocycles. The van der Waals surface area contributed by atoms with Crippen molar-refractivity contribution in [3.63, 3.8) is 0 Å². The number of aromatic nitrogens is 1. The first-order chi connectivity index (χ1) is 6.77. The van der Waals surface area contributed by atoms with Crippen molar-refractivity contribution in [2.24, 2.45) is 11.5 Å². The zero-order valence-corrected chi connectivity index (χ0v) is 9.67. The van der Waals surface area contributed by atoms with E-state index in [4.69, 9.17) is 16.2 Å². The van der Waals surface area contributed by atoms with Crippen LogP contribution in [0.2, 0.25) is 0 Å². The van der Waals surface area contributed by atoms with E-state index in [1.807, 2.05) is 12.1 Å². The van der Waals surface area contributed by atoms with Crippen molar-refractivity contribution in [1.29, 1.82) is 0 Å². The Bertz CT molecular complexity index is 266. The highest BCUT2D eigenvalue weighted by molar-refractivity contribution is 5.85. The van der Waals surface area contributed by atoms with Gasteiger partial charge in [-0.1, -0.05) is 6.07 Å². The Morgan fingerprint density at radius 1 is 1.47 bits per heavy atom. The molecule has 1 heterocycles. The van der Waals surface area contributed by atoms with Crippen molar-refractivity contribution >= 4 is 12.4 Å². The SMILES string of the molecule is COc1ccc([C@H](N)CCCN)cn1.Cl. The summed E-state index contributed by atoms with van der Waals surface area (Å²) in [5.74, 6) is 0.611. The summed E-state index contributed by atoms with van der Waals surface area (Å²) < 4.78 is 4.96. The van der Waals surface area contributed by atoms with Crippen molar-refractivity contribution in [1.82, 2.24) is 4.98 Å². The van der Waals surface area contributed by atoms with Crippen LogP contribution in [0.3, 0.4) is 0 Å². The highest BCUT2D eigenvalue weighted by Gasteiger charge is 2.05. The van der Waals surface area contributed by atoms with Gasteiger partial charge in [0.25, 0.3) is 0 Å². The molecule has 0 aliphatic heterocycles. The first-order valence-corrected chi connectivity index (χ1v) is 4.73. The van der Waals surface area contributed by atoms with Gasteiger partial charge in [0, 0.05) is 18.3 Å². The summed E-state index contributed by atoms with van der Waals surface area (Å²) in [4.78, 5) is 4.09. The van der Waals surface area contributed by atoms with E-state index in [-0.39, 0.29) is 18.4 Å². The fourth-order valence-electron chi connectivity index (χ4n) is 1.24. The third kappa shape index (κ3) is 4.46. The fraction of sp³-hybridized carbons (Fsp3) is 0.500. The molecule has 1 aromatic heterocycles. The molecule has 0 radical (unpaired) electrons. The minimum absolute atomic E-state index is 0. The number of hydrogen-bond donors (Lipinski definition) is 2. The predicted molar refractivity (Wildman–Crippen MR) is 63.3 cm³/mol. The predicted octanol–water partition coefficient (Wildman–Crippen LogP) is 1.25. The van der Waals surface area contributed by atoms with Gasteiger partial charge >= 0.3 is 0 Å². The Balaban J connectivity index is 0.00000196. The molecule has 4 nitrogen and oxygen atoms in total. The molecule has 0 bridgehead atoms. The second-order valence-corrected chi connectivity index (χ2v) is 3.17. The van der Waals surface area contributed by atoms with Crippen molar-refractivity contribution < 1.29 is 4.74 Å². The number of hydrogen-bond acceptors (Lipinski definition) is 4. The van der Waals surface area contributed by atoms with E-state index < -0.39 is 0 Å². The van der Waals surface area contributed by atoms with E-state index in [2.05, 4.69) is 4.98 Å². The Labute approximate surface area is 96.4 Å². The molecule has 0 unspecified atom stereocenters. The Morgan fingerprint density at radius 2 is 2.20 bits per heavy atom. The molecule has 0 fully saturated rings. The second-order valence-electron chi connectivity index (χ2n) is 3.17. The molecular formula is C10H18ClN3O. The molecule has 0 amide bonds. The number of nitrogens with zero attached hydrogens (tertiary/aromatic N) is 1. The van der Waals surface area contributed by atoms with E-state index >= 15 is 0 Å². The zero-order chi connectivity index (χ0) is 10.4. The van der Waals surface area contributed by atoms with Gasteiger partial charge in [0.1, 0.15) is 0 Å². The maximum atomic E-state index is 5.94. The summed E-state index contributed by atoms with van der Waals surface area (Å²) in [6.45, 7) is 0.678. The van der Waals surface area contributed by atoms with Gasteiger partial charge in [-0.25, -0.2) is 4.98 Å². The first-order valence-electron chi connectivity index (χ1n) is 4.73. The van der Waals surface area contributed by atoms with Gasteiger partial charge in [-0.05, 0) is 24.9 Å². The summed E-state index contributed by atoms with van der Waals surface area (Å²) in [6.07, 6.45) is 3.58. The van der Waals surface area contributed by atoms with Gasteiger partial charge < -0.3 is 16.2 Å². The van der Waals surface area contributed by atoms with Crippen LogP contribution in [-0.4, -0.2) is 18.6 Å². The standard InChI is InChI=1S/C10H17N3O.ClH/c1-14-10-5-4-8(7-13-10)9(12)3-2-6-11;/h4-5,7,9H,2-3,6,11-12H2,1H3;1H/t9-;/m1./s1. The van der Waals surface area contributed by atoms with Crippen molar-refractivity contribution in [3.05, 3.63) is 23.9 Å². The lowest BCUT2D eigenvalue weighted by Gasteiger charge is -2.10. The van der Waals surface area contributed by atoms with E-state index in [0.717, 1.165) is 18.4 Å². The van der Waals surface area contributed by atoms with Gasteiger partial charge in [0.2, 0.25) is 5.88 Å². The second kappa shape index (κ2) is 7.45. The lowest BCUT2D eigenvalue weighted by molar-refractivity contribution is 0.397. The van der Waals surface area contributed by atoms with Crippen molar-refractivity contribution in [2.45, 2.75) is 18.9 Å². The van der Waals surface area contributed by atoms with Gasteiger partial charge in [-0.3, -0.25) is 0 Å². The summed E-state index contributed by atoms with van der Waals surface area (Å²) in [6, 6.07) is 3.78. The van der Waals surface area contributed by atoms with Crippen LogP contribution in [0, 0.1) is 0 Å². The number of ether oxygens (including phenoxy) is 1. The van der Waals surface area contributed by atoms with Gasteiger partial charge in [0.15, 0.2) is 0 Å². The number of methoxy groups -OCH3 is 1. The van der Waals surface area contributed by atoms with Crippen LogP contribution in [0.1, 0.15) is 24.4 Å². The maximum absolute atomic E-state index is 5.94. The molecule has 1 atom stereocenters. The minimum Gasteiger partial charge on any atom is -0.481 e. The highest BCUT2D eigenvalue weighted by Crippen LogP contribution is 2.16. The van der Waals surface area contributed by atoms with Gasteiger partial charge in [0.05, 0.1) is 7.11 Å². The van der Waals surface area contributed by atoms with E-state index in [9.17, 15) is 0 Å². The maximum Gasteiger partial charge on any atom is 0.212 e. The topological polar surface area (TPSA) is 74.2 Å². The summed E-state index contributed by atoms with van der Waals surface area (Å²) in [5.41, 5.74) is 12.4. The van der Waals surface area contributed by atoms with Crippen molar-refractivity contribution in [2.75, 3.05) is 13.7 Å². The van der Waals surface area contributed by atoms with Crippen LogP contribution in [0.15, 0.2) is 18.3 Å². The highest BCUT2D eigenvalue weighted by atomic mass is 35.5. The third-order valence-corrected chi connectivity index (χ3v) is 2.12. The zero-order valence-electron chi connectivity index (χ0n) is 8.85.